The molecule has 0 bridgehead atoms. The SMILES string of the molecule is CCCNC(c1ccoc1)c1ccc2nccnc2c1. The smallest absolute Gasteiger partial charge is 0.0953 e. The molecular formula is C16H17N3O. The average molecular weight is 267 g/mol. The van der Waals surface area contributed by atoms with E-state index in [-0.39, 0.29) is 6.04 Å². The van der Waals surface area contributed by atoms with Gasteiger partial charge in [-0.3, -0.25) is 9.97 Å². The van der Waals surface area contributed by atoms with Crippen LogP contribution in [0.5, 0.6) is 0 Å². The fourth-order valence-electron chi connectivity index (χ4n) is 2.32. The third-order valence-electron chi connectivity index (χ3n) is 3.30. The van der Waals surface area contributed by atoms with Crippen LogP contribution in [-0.4, -0.2) is 16.5 Å². The molecule has 3 rings (SSSR count). The Kier molecular flexibility index (Phi) is 3.74. The van der Waals surface area contributed by atoms with Gasteiger partial charge in [-0.25, -0.2) is 0 Å². The van der Waals surface area contributed by atoms with Gasteiger partial charge < -0.3 is 9.73 Å². The van der Waals surface area contributed by atoms with E-state index in [2.05, 4.69) is 34.3 Å². The summed E-state index contributed by atoms with van der Waals surface area (Å²) in [6, 6.07) is 8.31. The highest BCUT2D eigenvalue weighted by Gasteiger charge is 2.15. The van der Waals surface area contributed by atoms with E-state index in [0.29, 0.717) is 0 Å². The van der Waals surface area contributed by atoms with Gasteiger partial charge >= 0.3 is 0 Å². The Bertz CT molecular complexity index is 679. The summed E-state index contributed by atoms with van der Waals surface area (Å²) in [5.74, 6) is 0. The van der Waals surface area contributed by atoms with E-state index in [1.807, 2.05) is 12.1 Å². The number of nitrogens with one attached hydrogen (secondary N) is 1. The summed E-state index contributed by atoms with van der Waals surface area (Å²) in [5, 5.41) is 3.54. The molecule has 1 N–H and O–H groups in total. The Balaban J connectivity index is 1.99. The molecule has 0 aliphatic heterocycles. The molecule has 0 saturated carbocycles. The Morgan fingerprint density at radius 2 is 1.95 bits per heavy atom. The lowest BCUT2D eigenvalue weighted by Gasteiger charge is -2.17. The van der Waals surface area contributed by atoms with Gasteiger partial charge in [0.25, 0.3) is 0 Å². The van der Waals surface area contributed by atoms with Gasteiger partial charge in [-0.2, -0.15) is 0 Å². The molecule has 0 aliphatic rings. The van der Waals surface area contributed by atoms with E-state index in [0.717, 1.165) is 29.6 Å². The zero-order valence-electron chi connectivity index (χ0n) is 11.4. The number of furan rings is 1. The van der Waals surface area contributed by atoms with Crippen LogP contribution in [0.25, 0.3) is 11.0 Å². The molecule has 20 heavy (non-hydrogen) atoms. The predicted molar refractivity (Wildman–Crippen MR) is 78.4 cm³/mol. The third-order valence-corrected chi connectivity index (χ3v) is 3.30. The number of benzene rings is 1. The minimum absolute atomic E-state index is 0.125. The monoisotopic (exact) mass is 267 g/mol. The maximum Gasteiger partial charge on any atom is 0.0953 e. The minimum atomic E-state index is 0.125. The molecule has 0 amide bonds. The molecule has 102 valence electrons. The predicted octanol–water partition coefficient (Wildman–Crippen LogP) is 3.31. The van der Waals surface area contributed by atoms with Crippen molar-refractivity contribution < 1.29 is 4.42 Å². The van der Waals surface area contributed by atoms with Gasteiger partial charge in [0.1, 0.15) is 0 Å². The number of hydrogen-bond donors (Lipinski definition) is 1. The standard InChI is InChI=1S/C16H17N3O/c1-2-6-19-16(13-5-9-20-11-13)12-3-4-14-15(10-12)18-8-7-17-14/h3-5,7-11,16,19H,2,6H2,1H3. The highest BCUT2D eigenvalue weighted by Crippen LogP contribution is 2.24. The number of fused-ring (bicyclic) bond motifs is 1. The molecule has 1 unspecified atom stereocenters. The fraction of sp³-hybridized carbons (Fsp3) is 0.250. The van der Waals surface area contributed by atoms with E-state index in [1.165, 1.54) is 5.56 Å². The van der Waals surface area contributed by atoms with Crippen molar-refractivity contribution in [2.45, 2.75) is 19.4 Å². The molecule has 0 fully saturated rings. The van der Waals surface area contributed by atoms with Crippen molar-refractivity contribution in [2.24, 2.45) is 0 Å². The van der Waals surface area contributed by atoms with Crippen molar-refractivity contribution in [3.05, 3.63) is 60.3 Å². The van der Waals surface area contributed by atoms with Gasteiger partial charge in [0.2, 0.25) is 0 Å². The number of rotatable bonds is 5. The Labute approximate surface area is 117 Å². The quantitative estimate of drug-likeness (QED) is 0.770. The van der Waals surface area contributed by atoms with Gasteiger partial charge in [-0.05, 0) is 36.7 Å². The molecular weight excluding hydrogens is 250 g/mol. The first-order valence-corrected chi connectivity index (χ1v) is 6.84. The van der Waals surface area contributed by atoms with Crippen LogP contribution in [0.4, 0.5) is 0 Å². The molecule has 0 spiro atoms. The van der Waals surface area contributed by atoms with Gasteiger partial charge in [0.15, 0.2) is 0 Å². The van der Waals surface area contributed by atoms with Crippen molar-refractivity contribution in [3.63, 3.8) is 0 Å². The third kappa shape index (κ3) is 2.56. The van der Waals surface area contributed by atoms with E-state index in [4.69, 9.17) is 4.42 Å². The van der Waals surface area contributed by atoms with Crippen LogP contribution in [0.2, 0.25) is 0 Å². The van der Waals surface area contributed by atoms with Crippen molar-refractivity contribution in [2.75, 3.05) is 6.54 Å². The van der Waals surface area contributed by atoms with E-state index >= 15 is 0 Å². The molecule has 0 saturated heterocycles. The van der Waals surface area contributed by atoms with Gasteiger partial charge in [0.05, 0.1) is 29.6 Å². The Morgan fingerprint density at radius 1 is 1.10 bits per heavy atom. The van der Waals surface area contributed by atoms with Crippen LogP contribution >= 0.6 is 0 Å². The Morgan fingerprint density at radius 3 is 2.70 bits per heavy atom. The van der Waals surface area contributed by atoms with Crippen LogP contribution in [0, 0.1) is 0 Å². The number of nitrogens with zero attached hydrogens (tertiary/aromatic N) is 2. The summed E-state index contributed by atoms with van der Waals surface area (Å²) >= 11 is 0. The molecule has 0 radical (unpaired) electrons. The highest BCUT2D eigenvalue weighted by molar-refractivity contribution is 5.74. The van der Waals surface area contributed by atoms with Crippen LogP contribution < -0.4 is 5.32 Å². The highest BCUT2D eigenvalue weighted by atomic mass is 16.3. The lowest BCUT2D eigenvalue weighted by molar-refractivity contribution is 0.548. The fourth-order valence-corrected chi connectivity index (χ4v) is 2.32. The second-order valence-electron chi connectivity index (χ2n) is 4.75. The van der Waals surface area contributed by atoms with E-state index in [1.54, 1.807) is 24.9 Å². The minimum Gasteiger partial charge on any atom is -0.472 e. The zero-order valence-corrected chi connectivity index (χ0v) is 11.4. The molecule has 2 heterocycles. The van der Waals surface area contributed by atoms with Crippen molar-refractivity contribution in [1.82, 2.24) is 15.3 Å². The second kappa shape index (κ2) is 5.84. The maximum atomic E-state index is 5.22. The average Bonchev–Trinajstić information content (AvgIpc) is 3.02. The lowest BCUT2D eigenvalue weighted by atomic mass is 10.0. The zero-order chi connectivity index (χ0) is 13.8. The first-order valence-electron chi connectivity index (χ1n) is 6.84. The largest absolute Gasteiger partial charge is 0.472 e. The van der Waals surface area contributed by atoms with Gasteiger partial charge in [-0.15, -0.1) is 0 Å². The van der Waals surface area contributed by atoms with Crippen LogP contribution in [0.1, 0.15) is 30.5 Å². The molecule has 1 aromatic carbocycles. The van der Waals surface area contributed by atoms with Crippen LogP contribution in [0.3, 0.4) is 0 Å². The van der Waals surface area contributed by atoms with Crippen LogP contribution in [0.15, 0.2) is 53.6 Å². The number of aromatic nitrogens is 2. The maximum absolute atomic E-state index is 5.22. The summed E-state index contributed by atoms with van der Waals surface area (Å²) in [6.45, 7) is 3.11. The molecule has 3 aromatic rings. The summed E-state index contributed by atoms with van der Waals surface area (Å²) in [7, 11) is 0. The van der Waals surface area contributed by atoms with E-state index in [9.17, 15) is 0 Å². The summed E-state index contributed by atoms with van der Waals surface area (Å²) in [4.78, 5) is 8.68. The normalized spacial score (nSPS) is 12.7. The van der Waals surface area contributed by atoms with Crippen molar-refractivity contribution in [3.8, 4) is 0 Å². The molecule has 4 heteroatoms. The topological polar surface area (TPSA) is 51.0 Å². The van der Waals surface area contributed by atoms with Crippen molar-refractivity contribution in [1.29, 1.82) is 0 Å². The van der Waals surface area contributed by atoms with E-state index < -0.39 is 0 Å². The second-order valence-corrected chi connectivity index (χ2v) is 4.75. The van der Waals surface area contributed by atoms with Crippen LogP contribution in [-0.2, 0) is 0 Å². The first-order chi connectivity index (χ1) is 9.88. The van der Waals surface area contributed by atoms with Gasteiger partial charge in [-0.1, -0.05) is 13.0 Å². The Hall–Kier alpha value is -2.20. The molecule has 4 nitrogen and oxygen atoms in total. The summed E-state index contributed by atoms with van der Waals surface area (Å²) in [5.41, 5.74) is 4.13. The lowest BCUT2D eigenvalue weighted by Crippen LogP contribution is -2.22. The summed E-state index contributed by atoms with van der Waals surface area (Å²) < 4.78 is 5.22. The van der Waals surface area contributed by atoms with Crippen molar-refractivity contribution >= 4 is 11.0 Å². The first kappa shape index (κ1) is 12.8. The summed E-state index contributed by atoms with van der Waals surface area (Å²) in [6.07, 6.45) is 8.01. The molecule has 2 aromatic heterocycles. The number of hydrogen-bond acceptors (Lipinski definition) is 4. The molecule has 0 aliphatic carbocycles. The molecule has 1 atom stereocenters. The van der Waals surface area contributed by atoms with Gasteiger partial charge in [0, 0.05) is 18.0 Å².